The molecule has 0 bridgehead atoms. The molecule has 6 N–H and O–H groups in total. The third kappa shape index (κ3) is 3.95. The molecule has 0 aromatic heterocycles. The summed E-state index contributed by atoms with van der Waals surface area (Å²) < 4.78 is 5.53. The van der Waals surface area contributed by atoms with Crippen LogP contribution in [0.5, 0.6) is 0 Å². The topological polar surface area (TPSA) is 132 Å². The maximum atomic E-state index is 11.3. The van der Waals surface area contributed by atoms with E-state index in [0.717, 1.165) is 0 Å². The third-order valence-corrected chi connectivity index (χ3v) is 3.21. The van der Waals surface area contributed by atoms with Crippen LogP contribution in [0.1, 0.15) is 6.92 Å². The fourth-order valence-corrected chi connectivity index (χ4v) is 2.03. The Balaban J connectivity index is 2.61. The van der Waals surface area contributed by atoms with E-state index in [1.807, 2.05) is 0 Å². The van der Waals surface area contributed by atoms with Crippen LogP contribution < -0.4 is 21.3 Å². The zero-order valence-corrected chi connectivity index (χ0v) is 11.7. The average Bonchev–Trinajstić information content (AvgIpc) is 2.45. The largest absolute Gasteiger partial charge is 0.388 e. The van der Waals surface area contributed by atoms with Gasteiger partial charge in [-0.15, -0.1) is 0 Å². The monoisotopic (exact) mass is 290 g/mol. The van der Waals surface area contributed by atoms with Gasteiger partial charge in [-0.3, -0.25) is 0 Å². The van der Waals surface area contributed by atoms with E-state index in [-0.39, 0.29) is 6.54 Å². The number of hydrogen-bond donors (Lipinski definition) is 6. The maximum absolute atomic E-state index is 11.3. The minimum atomic E-state index is -1.22. The molecule has 20 heavy (non-hydrogen) atoms. The van der Waals surface area contributed by atoms with Crippen LogP contribution in [0.15, 0.2) is 0 Å². The summed E-state index contributed by atoms with van der Waals surface area (Å²) in [5.41, 5.74) is 0. The number of carbonyl (C=O) groups excluding carboxylic acids is 2. The van der Waals surface area contributed by atoms with E-state index in [4.69, 9.17) is 4.74 Å². The first-order valence-electron chi connectivity index (χ1n) is 6.36. The molecule has 0 spiro atoms. The van der Waals surface area contributed by atoms with Gasteiger partial charge in [-0.25, -0.2) is 9.59 Å². The third-order valence-electron chi connectivity index (χ3n) is 3.21. The number of carbonyl (C=O) groups is 2. The second kappa shape index (κ2) is 7.27. The minimum absolute atomic E-state index is 0.0505. The van der Waals surface area contributed by atoms with Crippen LogP contribution in [0.25, 0.3) is 0 Å². The van der Waals surface area contributed by atoms with Gasteiger partial charge in [0.05, 0.1) is 12.1 Å². The fraction of sp³-hybridized carbons (Fsp3) is 0.818. The number of urea groups is 2. The van der Waals surface area contributed by atoms with E-state index in [1.54, 1.807) is 6.92 Å². The van der Waals surface area contributed by atoms with Gasteiger partial charge >= 0.3 is 12.1 Å². The van der Waals surface area contributed by atoms with Gasteiger partial charge < -0.3 is 36.2 Å². The van der Waals surface area contributed by atoms with Crippen molar-refractivity contribution < 1.29 is 24.5 Å². The van der Waals surface area contributed by atoms with E-state index in [9.17, 15) is 19.8 Å². The summed E-state index contributed by atoms with van der Waals surface area (Å²) >= 11 is 0. The predicted octanol–water partition coefficient (Wildman–Crippen LogP) is -2.28. The van der Waals surface area contributed by atoms with Crippen molar-refractivity contribution in [3.8, 4) is 0 Å². The second-order valence-corrected chi connectivity index (χ2v) is 4.57. The molecule has 5 atom stereocenters. The van der Waals surface area contributed by atoms with Crippen molar-refractivity contribution >= 4 is 12.1 Å². The van der Waals surface area contributed by atoms with Crippen molar-refractivity contribution in [3.63, 3.8) is 0 Å². The number of aliphatic hydroxyl groups is 2. The summed E-state index contributed by atoms with van der Waals surface area (Å²) in [4.78, 5) is 22.4. The molecule has 0 aliphatic carbocycles. The highest BCUT2D eigenvalue weighted by molar-refractivity contribution is 5.74. The van der Waals surface area contributed by atoms with E-state index in [1.165, 1.54) is 14.1 Å². The van der Waals surface area contributed by atoms with Crippen LogP contribution in [0, 0.1) is 0 Å². The highest BCUT2D eigenvalue weighted by Gasteiger charge is 2.43. The van der Waals surface area contributed by atoms with E-state index >= 15 is 0 Å². The van der Waals surface area contributed by atoms with Crippen molar-refractivity contribution in [2.24, 2.45) is 0 Å². The Morgan fingerprint density at radius 3 is 2.25 bits per heavy atom. The smallest absolute Gasteiger partial charge is 0.314 e. The Kier molecular flexibility index (Phi) is 5.99. The second-order valence-electron chi connectivity index (χ2n) is 4.57. The first-order chi connectivity index (χ1) is 9.40. The SMILES string of the molecule is CNC(=O)NCC1OC(C)C(NC(=O)NC)C(O)C1O. The molecule has 9 heteroatoms. The molecule has 0 radical (unpaired) electrons. The van der Waals surface area contributed by atoms with Crippen LogP contribution in [0.4, 0.5) is 9.59 Å². The molecule has 0 saturated carbocycles. The highest BCUT2D eigenvalue weighted by Crippen LogP contribution is 2.20. The normalized spacial score (nSPS) is 33.1. The molecule has 1 fully saturated rings. The molecule has 116 valence electrons. The standard InChI is InChI=1S/C11H22N4O5/c1-5-7(15-11(19)13-3)9(17)8(16)6(20-5)4-14-10(18)12-2/h5-9,16-17H,4H2,1-3H3,(H2,12,14,18)(H2,13,15,19). The Bertz CT molecular complexity index is 352. The lowest BCUT2D eigenvalue weighted by Crippen LogP contribution is -2.65. The van der Waals surface area contributed by atoms with E-state index < -0.39 is 42.5 Å². The zero-order chi connectivity index (χ0) is 15.3. The molecule has 1 saturated heterocycles. The first kappa shape index (κ1) is 16.5. The Morgan fingerprint density at radius 2 is 1.70 bits per heavy atom. The Hall–Kier alpha value is -1.58. The summed E-state index contributed by atoms with van der Waals surface area (Å²) in [7, 11) is 2.91. The molecule has 0 aromatic rings. The van der Waals surface area contributed by atoms with Crippen molar-refractivity contribution in [2.45, 2.75) is 37.4 Å². The van der Waals surface area contributed by atoms with Crippen LogP contribution in [0.3, 0.4) is 0 Å². The lowest BCUT2D eigenvalue weighted by atomic mass is 9.93. The molecule has 1 aliphatic heterocycles. The van der Waals surface area contributed by atoms with Gasteiger partial charge in [-0.1, -0.05) is 0 Å². The predicted molar refractivity (Wildman–Crippen MR) is 70.2 cm³/mol. The zero-order valence-electron chi connectivity index (χ0n) is 11.7. The van der Waals surface area contributed by atoms with Crippen molar-refractivity contribution in [3.05, 3.63) is 0 Å². The molecular formula is C11H22N4O5. The lowest BCUT2D eigenvalue weighted by molar-refractivity contribution is -0.174. The van der Waals surface area contributed by atoms with Crippen LogP contribution in [-0.2, 0) is 4.74 Å². The Labute approximate surface area is 117 Å². The summed E-state index contributed by atoms with van der Waals surface area (Å²) in [6, 6.07) is -1.62. The van der Waals surface area contributed by atoms with Gasteiger partial charge in [-0.2, -0.15) is 0 Å². The van der Waals surface area contributed by atoms with Crippen LogP contribution >= 0.6 is 0 Å². The highest BCUT2D eigenvalue weighted by atomic mass is 16.5. The number of ether oxygens (including phenoxy) is 1. The average molecular weight is 290 g/mol. The number of rotatable bonds is 3. The molecule has 0 aromatic carbocycles. The van der Waals surface area contributed by atoms with Gasteiger partial charge in [0.25, 0.3) is 0 Å². The quantitative estimate of drug-likeness (QED) is 0.348. The van der Waals surface area contributed by atoms with E-state index in [0.29, 0.717) is 0 Å². The van der Waals surface area contributed by atoms with Gasteiger partial charge in [0, 0.05) is 20.6 Å². The number of amides is 4. The number of nitrogens with one attached hydrogen (secondary N) is 4. The van der Waals surface area contributed by atoms with Gasteiger partial charge in [-0.05, 0) is 6.92 Å². The first-order valence-corrected chi connectivity index (χ1v) is 6.36. The van der Waals surface area contributed by atoms with Crippen molar-refractivity contribution in [1.29, 1.82) is 0 Å². The Morgan fingerprint density at radius 1 is 1.10 bits per heavy atom. The number of hydrogen-bond acceptors (Lipinski definition) is 5. The molecule has 1 aliphatic rings. The molecule has 4 amide bonds. The molecule has 5 unspecified atom stereocenters. The maximum Gasteiger partial charge on any atom is 0.314 e. The molecule has 9 nitrogen and oxygen atoms in total. The van der Waals surface area contributed by atoms with Crippen LogP contribution in [-0.4, -0.2) is 73.4 Å². The fourth-order valence-electron chi connectivity index (χ4n) is 2.03. The van der Waals surface area contributed by atoms with Gasteiger partial charge in [0.1, 0.15) is 18.3 Å². The summed E-state index contributed by atoms with van der Waals surface area (Å²) in [6.45, 7) is 1.72. The molecule has 1 heterocycles. The van der Waals surface area contributed by atoms with E-state index in [2.05, 4.69) is 21.3 Å². The lowest BCUT2D eigenvalue weighted by Gasteiger charge is -2.41. The van der Waals surface area contributed by atoms with Crippen molar-refractivity contribution in [1.82, 2.24) is 21.3 Å². The summed E-state index contributed by atoms with van der Waals surface area (Å²) in [5.74, 6) is 0. The molecular weight excluding hydrogens is 268 g/mol. The number of aliphatic hydroxyl groups excluding tert-OH is 2. The van der Waals surface area contributed by atoms with Gasteiger partial charge in [0.15, 0.2) is 0 Å². The van der Waals surface area contributed by atoms with Crippen molar-refractivity contribution in [2.75, 3.05) is 20.6 Å². The van der Waals surface area contributed by atoms with Gasteiger partial charge in [0.2, 0.25) is 0 Å². The summed E-state index contributed by atoms with van der Waals surface area (Å²) in [5, 5.41) is 29.8. The van der Waals surface area contributed by atoms with Crippen LogP contribution in [0.2, 0.25) is 0 Å². The minimum Gasteiger partial charge on any atom is -0.388 e. The summed E-state index contributed by atoms with van der Waals surface area (Å²) in [6.07, 6.45) is -3.67. The molecule has 1 rings (SSSR count).